The van der Waals surface area contributed by atoms with Crippen LogP contribution in [0.3, 0.4) is 0 Å². The fraction of sp³-hybridized carbons (Fsp3) is 0.259. The van der Waals surface area contributed by atoms with Gasteiger partial charge in [-0.3, -0.25) is 9.59 Å². The van der Waals surface area contributed by atoms with Crippen molar-refractivity contribution >= 4 is 34.8 Å². The maximum absolute atomic E-state index is 12.6. The number of amides is 2. The van der Waals surface area contributed by atoms with E-state index in [2.05, 4.69) is 38.0 Å². The molecular formula is C27H29N7O2. The number of fused-ring (bicyclic) bond motifs is 1. The van der Waals surface area contributed by atoms with Crippen LogP contribution in [-0.2, 0) is 4.79 Å². The van der Waals surface area contributed by atoms with E-state index in [-0.39, 0.29) is 17.9 Å². The molecule has 9 nitrogen and oxygen atoms in total. The molecule has 0 spiro atoms. The van der Waals surface area contributed by atoms with Crippen molar-refractivity contribution in [3.63, 3.8) is 0 Å². The summed E-state index contributed by atoms with van der Waals surface area (Å²) >= 11 is 0. The summed E-state index contributed by atoms with van der Waals surface area (Å²) < 4.78 is 1.76. The third-order valence-electron chi connectivity index (χ3n) is 6.30. The Morgan fingerprint density at radius 1 is 0.944 bits per heavy atom. The van der Waals surface area contributed by atoms with E-state index in [0.29, 0.717) is 17.2 Å². The van der Waals surface area contributed by atoms with Crippen LogP contribution in [0.2, 0.25) is 0 Å². The molecule has 5 rings (SSSR count). The largest absolute Gasteiger partial charge is 0.349 e. The zero-order valence-corrected chi connectivity index (χ0v) is 20.4. The van der Waals surface area contributed by atoms with Crippen LogP contribution in [0.25, 0.3) is 16.9 Å². The van der Waals surface area contributed by atoms with E-state index in [1.54, 1.807) is 16.6 Å². The van der Waals surface area contributed by atoms with Gasteiger partial charge in [-0.05, 0) is 81.5 Å². The molecule has 1 aliphatic rings. The number of benzene rings is 2. The van der Waals surface area contributed by atoms with Gasteiger partial charge in [0.25, 0.3) is 5.91 Å². The van der Waals surface area contributed by atoms with Gasteiger partial charge in [0, 0.05) is 35.5 Å². The highest BCUT2D eigenvalue weighted by molar-refractivity contribution is 5.94. The normalized spacial score (nSPS) is 14.5. The van der Waals surface area contributed by atoms with Crippen LogP contribution in [-0.4, -0.2) is 57.5 Å². The Morgan fingerprint density at radius 3 is 2.44 bits per heavy atom. The minimum Gasteiger partial charge on any atom is -0.349 e. The number of aromatic nitrogens is 3. The quantitative estimate of drug-likeness (QED) is 0.384. The lowest BCUT2D eigenvalue weighted by atomic mass is 10.0. The predicted molar refractivity (Wildman–Crippen MR) is 140 cm³/mol. The zero-order valence-electron chi connectivity index (χ0n) is 20.4. The van der Waals surface area contributed by atoms with Gasteiger partial charge in [0.05, 0.1) is 5.69 Å². The topological polar surface area (TPSA) is 104 Å². The molecule has 0 saturated carbocycles. The van der Waals surface area contributed by atoms with Gasteiger partial charge in [-0.25, -0.2) is 4.52 Å². The van der Waals surface area contributed by atoms with Gasteiger partial charge in [0.1, 0.15) is 0 Å². The van der Waals surface area contributed by atoms with Crippen molar-refractivity contribution in [2.45, 2.75) is 25.8 Å². The number of hydrogen-bond donors (Lipinski definition) is 3. The molecule has 3 heterocycles. The summed E-state index contributed by atoms with van der Waals surface area (Å²) in [6.07, 6.45) is 1.95. The second-order valence-corrected chi connectivity index (χ2v) is 9.13. The highest BCUT2D eigenvalue weighted by atomic mass is 16.2. The molecule has 184 valence electrons. The second-order valence-electron chi connectivity index (χ2n) is 9.13. The number of likely N-dealkylation sites (tertiary alicyclic amines) is 1. The van der Waals surface area contributed by atoms with E-state index in [9.17, 15) is 9.59 Å². The first-order chi connectivity index (χ1) is 17.4. The molecule has 1 fully saturated rings. The molecule has 36 heavy (non-hydrogen) atoms. The number of piperidine rings is 1. The van der Waals surface area contributed by atoms with E-state index >= 15 is 0 Å². The summed E-state index contributed by atoms with van der Waals surface area (Å²) in [5, 5.41) is 13.8. The third-order valence-corrected chi connectivity index (χ3v) is 6.30. The third kappa shape index (κ3) is 5.36. The minimum absolute atomic E-state index is 0.0481. The first kappa shape index (κ1) is 23.5. The number of hydrogen-bond acceptors (Lipinski definition) is 6. The smallest absolute Gasteiger partial charge is 0.251 e. The second kappa shape index (κ2) is 10.2. The Balaban J connectivity index is 1.30. The molecule has 0 aliphatic carbocycles. The molecule has 0 radical (unpaired) electrons. The van der Waals surface area contributed by atoms with E-state index in [4.69, 9.17) is 0 Å². The van der Waals surface area contributed by atoms with E-state index in [0.717, 1.165) is 48.6 Å². The SMILES string of the molecule is CC(=O)Nc1cccc(-c2cccc3nc(Nc4ccc(C(=O)NC5CCN(C)CC5)cc4)nn23)c1. The van der Waals surface area contributed by atoms with Crippen LogP contribution < -0.4 is 16.0 Å². The maximum atomic E-state index is 12.6. The van der Waals surface area contributed by atoms with Crippen molar-refractivity contribution in [3.8, 4) is 11.3 Å². The molecule has 0 bridgehead atoms. The molecule has 2 aromatic carbocycles. The van der Waals surface area contributed by atoms with E-state index in [1.807, 2.05) is 54.6 Å². The lowest BCUT2D eigenvalue weighted by Gasteiger charge is -2.29. The van der Waals surface area contributed by atoms with Crippen LogP contribution in [0, 0.1) is 0 Å². The van der Waals surface area contributed by atoms with Gasteiger partial charge in [0.2, 0.25) is 11.9 Å². The van der Waals surface area contributed by atoms with Crippen LogP contribution >= 0.6 is 0 Å². The fourth-order valence-corrected chi connectivity index (χ4v) is 4.39. The van der Waals surface area contributed by atoms with Crippen molar-refractivity contribution in [2.75, 3.05) is 30.8 Å². The van der Waals surface area contributed by atoms with Crippen LogP contribution in [0.1, 0.15) is 30.1 Å². The lowest BCUT2D eigenvalue weighted by molar-refractivity contribution is -0.114. The minimum atomic E-state index is -0.122. The van der Waals surface area contributed by atoms with Crippen molar-refractivity contribution in [1.29, 1.82) is 0 Å². The molecule has 3 N–H and O–H groups in total. The molecular weight excluding hydrogens is 454 g/mol. The summed E-state index contributed by atoms with van der Waals surface area (Å²) in [5.74, 6) is 0.278. The Kier molecular flexibility index (Phi) is 6.64. The average Bonchev–Trinajstić information content (AvgIpc) is 3.28. The van der Waals surface area contributed by atoms with Gasteiger partial charge in [-0.2, -0.15) is 4.98 Å². The summed E-state index contributed by atoms with van der Waals surface area (Å²) in [6, 6.07) is 20.9. The molecule has 2 amide bonds. The predicted octanol–water partition coefficient (Wildman–Crippen LogP) is 3.92. The van der Waals surface area contributed by atoms with Gasteiger partial charge >= 0.3 is 0 Å². The Morgan fingerprint density at radius 2 is 1.69 bits per heavy atom. The zero-order chi connectivity index (χ0) is 25.1. The Labute approximate surface area is 209 Å². The summed E-state index contributed by atoms with van der Waals surface area (Å²) in [6.45, 7) is 3.49. The molecule has 4 aromatic rings. The summed E-state index contributed by atoms with van der Waals surface area (Å²) in [7, 11) is 2.11. The number of pyridine rings is 1. The van der Waals surface area contributed by atoms with Crippen LogP contribution in [0.5, 0.6) is 0 Å². The summed E-state index contributed by atoms with van der Waals surface area (Å²) in [5.41, 5.74) is 4.58. The highest BCUT2D eigenvalue weighted by Gasteiger charge is 2.19. The standard InChI is InChI=1S/C27H29N7O2/c1-18(35)28-23-6-3-5-20(17-23)24-7-4-8-25-31-27(32-34(24)25)30-21-11-9-19(10-12-21)26(36)29-22-13-15-33(2)16-14-22/h3-12,17,22H,13-16H2,1-2H3,(H,28,35)(H,29,36)(H,30,32). The number of anilines is 3. The summed E-state index contributed by atoms with van der Waals surface area (Å²) in [4.78, 5) is 31.0. The van der Waals surface area contributed by atoms with Crippen molar-refractivity contribution < 1.29 is 9.59 Å². The fourth-order valence-electron chi connectivity index (χ4n) is 4.39. The average molecular weight is 484 g/mol. The first-order valence-electron chi connectivity index (χ1n) is 12.0. The van der Waals surface area contributed by atoms with Gasteiger partial charge in [-0.15, -0.1) is 5.10 Å². The molecule has 0 atom stereocenters. The first-order valence-corrected chi connectivity index (χ1v) is 12.0. The molecule has 0 unspecified atom stereocenters. The van der Waals surface area contributed by atoms with E-state index in [1.165, 1.54) is 6.92 Å². The number of nitrogens with zero attached hydrogens (tertiary/aromatic N) is 4. The molecule has 1 saturated heterocycles. The monoisotopic (exact) mass is 483 g/mol. The van der Waals surface area contributed by atoms with Gasteiger partial charge in [-0.1, -0.05) is 18.2 Å². The molecule has 2 aromatic heterocycles. The number of rotatable bonds is 6. The Bertz CT molecular complexity index is 1390. The number of nitrogens with one attached hydrogen (secondary N) is 3. The van der Waals surface area contributed by atoms with Crippen LogP contribution in [0.4, 0.5) is 17.3 Å². The molecule has 9 heteroatoms. The Hall–Kier alpha value is -4.24. The van der Waals surface area contributed by atoms with Crippen molar-refractivity contribution in [3.05, 3.63) is 72.3 Å². The highest BCUT2D eigenvalue weighted by Crippen LogP contribution is 2.24. The van der Waals surface area contributed by atoms with Gasteiger partial charge < -0.3 is 20.9 Å². The van der Waals surface area contributed by atoms with E-state index < -0.39 is 0 Å². The number of carbonyl (C=O) groups excluding carboxylic acids is 2. The molecule has 1 aliphatic heterocycles. The maximum Gasteiger partial charge on any atom is 0.251 e. The van der Waals surface area contributed by atoms with Crippen molar-refractivity contribution in [1.82, 2.24) is 24.8 Å². The van der Waals surface area contributed by atoms with Crippen LogP contribution in [0.15, 0.2) is 66.7 Å². The van der Waals surface area contributed by atoms with Gasteiger partial charge in [0.15, 0.2) is 5.65 Å². The number of carbonyl (C=O) groups is 2. The van der Waals surface area contributed by atoms with Crippen molar-refractivity contribution in [2.24, 2.45) is 0 Å². The lowest BCUT2D eigenvalue weighted by Crippen LogP contribution is -2.43.